The molecule has 0 aromatic rings. The van der Waals surface area contributed by atoms with Crippen molar-refractivity contribution >= 4 is 0 Å². The number of nitrogens with zero attached hydrogens (tertiary/aromatic N) is 1. The topological polar surface area (TPSA) is 24.1 Å². The highest BCUT2D eigenvalue weighted by Crippen LogP contribution is 2.18. The molecule has 0 saturated heterocycles. The van der Waals surface area contributed by atoms with Crippen LogP contribution in [-0.4, -0.2) is 57.8 Å². The fourth-order valence-electron chi connectivity index (χ4n) is 1.62. The second kappa shape index (κ2) is 4.40. The van der Waals surface area contributed by atoms with Gasteiger partial charge in [0.25, 0.3) is 0 Å². The first-order chi connectivity index (χ1) is 6.01. The molecule has 0 aliphatic heterocycles. The number of rotatable bonds is 5. The molecule has 2 N–H and O–H groups in total. The molecular formula is C10H24N3+. The summed E-state index contributed by atoms with van der Waals surface area (Å²) < 4.78 is 1.05. The van der Waals surface area contributed by atoms with Gasteiger partial charge in [-0.2, -0.15) is 0 Å². The summed E-state index contributed by atoms with van der Waals surface area (Å²) in [6.45, 7) is 2.35. The van der Waals surface area contributed by atoms with E-state index in [1.54, 1.807) is 0 Å². The second-order valence-electron chi connectivity index (χ2n) is 5.12. The van der Waals surface area contributed by atoms with Crippen molar-refractivity contribution in [3.63, 3.8) is 0 Å². The van der Waals surface area contributed by atoms with Crippen LogP contribution in [0.5, 0.6) is 0 Å². The Morgan fingerprint density at radius 3 is 2.23 bits per heavy atom. The summed E-state index contributed by atoms with van der Waals surface area (Å²) >= 11 is 0. The number of quaternary nitrogens is 1. The van der Waals surface area contributed by atoms with Gasteiger partial charge in [-0.3, -0.25) is 0 Å². The molecule has 1 saturated carbocycles. The molecule has 1 aliphatic rings. The van der Waals surface area contributed by atoms with E-state index in [9.17, 15) is 0 Å². The molecule has 0 aromatic carbocycles. The van der Waals surface area contributed by atoms with Gasteiger partial charge >= 0.3 is 0 Å². The van der Waals surface area contributed by atoms with Crippen LogP contribution in [0.2, 0.25) is 0 Å². The Hall–Kier alpha value is -0.120. The van der Waals surface area contributed by atoms with Gasteiger partial charge in [0.2, 0.25) is 0 Å². The van der Waals surface area contributed by atoms with E-state index in [4.69, 9.17) is 0 Å². The first-order valence-electron chi connectivity index (χ1n) is 5.22. The zero-order valence-corrected chi connectivity index (χ0v) is 9.43. The van der Waals surface area contributed by atoms with Gasteiger partial charge in [0.05, 0.1) is 27.7 Å². The molecule has 1 aliphatic carbocycles. The standard InChI is InChI=1S/C10H24N3/c1-11-9-7-10(8-9)12-5-6-13(2,3)4/h9-12H,5-8H2,1-4H3/q+1. The molecule has 0 spiro atoms. The molecule has 1 rings (SSSR count). The summed E-state index contributed by atoms with van der Waals surface area (Å²) in [4.78, 5) is 0. The van der Waals surface area contributed by atoms with Crippen LogP contribution < -0.4 is 10.6 Å². The van der Waals surface area contributed by atoms with Crippen molar-refractivity contribution in [3.05, 3.63) is 0 Å². The molecule has 3 heteroatoms. The monoisotopic (exact) mass is 186 g/mol. The Bertz CT molecular complexity index is 145. The summed E-state index contributed by atoms with van der Waals surface area (Å²) in [6, 6.07) is 1.53. The van der Waals surface area contributed by atoms with Gasteiger partial charge in [0, 0.05) is 18.6 Å². The molecule has 3 nitrogen and oxygen atoms in total. The first-order valence-corrected chi connectivity index (χ1v) is 5.22. The van der Waals surface area contributed by atoms with Gasteiger partial charge in [-0.15, -0.1) is 0 Å². The molecule has 0 amide bonds. The van der Waals surface area contributed by atoms with E-state index in [0.717, 1.165) is 23.1 Å². The number of hydrogen-bond acceptors (Lipinski definition) is 2. The molecule has 78 valence electrons. The van der Waals surface area contributed by atoms with Gasteiger partial charge in [-0.1, -0.05) is 0 Å². The van der Waals surface area contributed by atoms with Crippen LogP contribution in [-0.2, 0) is 0 Å². The second-order valence-corrected chi connectivity index (χ2v) is 5.12. The average Bonchev–Trinajstić information content (AvgIpc) is 1.91. The van der Waals surface area contributed by atoms with Gasteiger partial charge in [0.15, 0.2) is 0 Å². The number of likely N-dealkylation sites (N-methyl/N-ethyl adjacent to an activating group) is 1. The van der Waals surface area contributed by atoms with Crippen molar-refractivity contribution < 1.29 is 4.48 Å². The van der Waals surface area contributed by atoms with Crippen LogP contribution in [0.15, 0.2) is 0 Å². The maximum atomic E-state index is 3.58. The van der Waals surface area contributed by atoms with E-state index >= 15 is 0 Å². The average molecular weight is 186 g/mol. The maximum Gasteiger partial charge on any atom is 0.0907 e. The Kier molecular flexibility index (Phi) is 3.71. The molecular weight excluding hydrogens is 162 g/mol. The smallest absolute Gasteiger partial charge is 0.0907 e. The largest absolute Gasteiger partial charge is 0.330 e. The third-order valence-corrected chi connectivity index (χ3v) is 2.76. The number of nitrogens with one attached hydrogen (secondary N) is 2. The lowest BCUT2D eigenvalue weighted by Crippen LogP contribution is -2.52. The Morgan fingerprint density at radius 2 is 1.77 bits per heavy atom. The normalized spacial score (nSPS) is 28.6. The quantitative estimate of drug-likeness (QED) is 0.592. The zero-order valence-electron chi connectivity index (χ0n) is 9.43. The van der Waals surface area contributed by atoms with E-state index in [-0.39, 0.29) is 0 Å². The lowest BCUT2D eigenvalue weighted by Gasteiger charge is -2.36. The third kappa shape index (κ3) is 4.07. The molecule has 0 aromatic heterocycles. The molecule has 0 atom stereocenters. The fraction of sp³-hybridized carbons (Fsp3) is 1.00. The van der Waals surface area contributed by atoms with E-state index in [0.29, 0.717) is 0 Å². The third-order valence-electron chi connectivity index (χ3n) is 2.76. The molecule has 13 heavy (non-hydrogen) atoms. The van der Waals surface area contributed by atoms with Gasteiger partial charge in [-0.05, 0) is 19.9 Å². The van der Waals surface area contributed by atoms with E-state index in [1.807, 2.05) is 7.05 Å². The van der Waals surface area contributed by atoms with Crippen molar-refractivity contribution in [1.82, 2.24) is 10.6 Å². The molecule has 0 bridgehead atoms. The highest BCUT2D eigenvalue weighted by atomic mass is 15.3. The highest BCUT2D eigenvalue weighted by Gasteiger charge is 2.27. The maximum absolute atomic E-state index is 3.58. The van der Waals surface area contributed by atoms with E-state index in [2.05, 4.69) is 31.8 Å². The highest BCUT2D eigenvalue weighted by molar-refractivity contribution is 4.88. The van der Waals surface area contributed by atoms with Crippen molar-refractivity contribution in [2.45, 2.75) is 24.9 Å². The van der Waals surface area contributed by atoms with Gasteiger partial charge < -0.3 is 15.1 Å². The Morgan fingerprint density at radius 1 is 1.15 bits per heavy atom. The number of hydrogen-bond donors (Lipinski definition) is 2. The van der Waals surface area contributed by atoms with E-state index < -0.39 is 0 Å². The SMILES string of the molecule is CNC1CC(NCC[N+](C)(C)C)C1. The summed E-state index contributed by atoms with van der Waals surface area (Å²) in [5, 5.41) is 6.88. The van der Waals surface area contributed by atoms with Crippen molar-refractivity contribution in [3.8, 4) is 0 Å². The molecule has 0 radical (unpaired) electrons. The van der Waals surface area contributed by atoms with Gasteiger partial charge in [-0.25, -0.2) is 0 Å². The minimum absolute atomic E-state index is 0.765. The van der Waals surface area contributed by atoms with Crippen LogP contribution in [0.3, 0.4) is 0 Å². The lowest BCUT2D eigenvalue weighted by molar-refractivity contribution is -0.869. The molecule has 1 fully saturated rings. The lowest BCUT2D eigenvalue weighted by atomic mass is 9.87. The van der Waals surface area contributed by atoms with Crippen LogP contribution in [0, 0.1) is 0 Å². The van der Waals surface area contributed by atoms with Crippen LogP contribution in [0.4, 0.5) is 0 Å². The zero-order chi connectivity index (χ0) is 9.90. The fourth-order valence-corrected chi connectivity index (χ4v) is 1.62. The van der Waals surface area contributed by atoms with Crippen molar-refractivity contribution in [2.75, 3.05) is 41.3 Å². The van der Waals surface area contributed by atoms with Crippen LogP contribution >= 0.6 is 0 Å². The summed E-state index contributed by atoms with van der Waals surface area (Å²) in [7, 11) is 8.75. The predicted octanol–water partition coefficient (Wildman–Crippen LogP) is 0.0326. The van der Waals surface area contributed by atoms with Crippen molar-refractivity contribution in [2.24, 2.45) is 0 Å². The molecule has 0 unspecified atom stereocenters. The van der Waals surface area contributed by atoms with Crippen molar-refractivity contribution in [1.29, 1.82) is 0 Å². The summed E-state index contributed by atoms with van der Waals surface area (Å²) in [5.41, 5.74) is 0. The minimum Gasteiger partial charge on any atom is -0.330 e. The Labute approximate surface area is 82.1 Å². The first kappa shape index (κ1) is 11.0. The summed E-state index contributed by atoms with van der Waals surface area (Å²) in [5.74, 6) is 0. The van der Waals surface area contributed by atoms with Gasteiger partial charge in [0.1, 0.15) is 0 Å². The van der Waals surface area contributed by atoms with Crippen LogP contribution in [0.1, 0.15) is 12.8 Å². The Balaban J connectivity index is 1.97. The predicted molar refractivity (Wildman–Crippen MR) is 56.8 cm³/mol. The minimum atomic E-state index is 0.765. The molecule has 0 heterocycles. The summed E-state index contributed by atoms with van der Waals surface area (Å²) in [6.07, 6.45) is 2.60. The van der Waals surface area contributed by atoms with Crippen LogP contribution in [0.25, 0.3) is 0 Å². The van der Waals surface area contributed by atoms with E-state index in [1.165, 1.54) is 19.4 Å².